The second kappa shape index (κ2) is 11.8. The van der Waals surface area contributed by atoms with Crippen LogP contribution in [0.2, 0.25) is 0 Å². The van der Waals surface area contributed by atoms with Crippen LogP contribution in [0.25, 0.3) is 0 Å². The number of aliphatic imine (C=N–C) groups is 1. The van der Waals surface area contributed by atoms with E-state index in [2.05, 4.69) is 56.6 Å². The molecule has 28 heavy (non-hydrogen) atoms. The maximum Gasteiger partial charge on any atom is 0.191 e. The van der Waals surface area contributed by atoms with Crippen LogP contribution < -0.4 is 15.5 Å². The summed E-state index contributed by atoms with van der Waals surface area (Å²) in [6, 6.07) is 10.0. The number of ether oxygens (including phenoxy) is 1. The van der Waals surface area contributed by atoms with Crippen LogP contribution in [0.4, 0.5) is 5.69 Å². The standard InChI is InChI=1S/C21H35N5O.HI/c1-17-4-6-20(7-5-17)26-12-10-18(16-26)24-21(22-2)23-11-13-25(14-15-27-3)19-8-9-19;/h4-7,18-19H,8-16H2,1-3H3,(H2,22,23,24);1H. The van der Waals surface area contributed by atoms with Crippen LogP contribution in [0.15, 0.2) is 29.3 Å². The van der Waals surface area contributed by atoms with Crippen molar-refractivity contribution in [3.63, 3.8) is 0 Å². The lowest BCUT2D eigenvalue weighted by Gasteiger charge is -2.23. The van der Waals surface area contributed by atoms with Crippen molar-refractivity contribution in [2.24, 2.45) is 4.99 Å². The van der Waals surface area contributed by atoms with Gasteiger partial charge >= 0.3 is 0 Å². The van der Waals surface area contributed by atoms with Crippen molar-refractivity contribution in [3.8, 4) is 0 Å². The van der Waals surface area contributed by atoms with Gasteiger partial charge in [0.1, 0.15) is 0 Å². The number of methoxy groups -OCH3 is 1. The normalized spacial score (nSPS) is 19.6. The molecule has 0 amide bonds. The van der Waals surface area contributed by atoms with Crippen LogP contribution in [0.1, 0.15) is 24.8 Å². The summed E-state index contributed by atoms with van der Waals surface area (Å²) >= 11 is 0. The molecule has 1 heterocycles. The number of anilines is 1. The summed E-state index contributed by atoms with van der Waals surface area (Å²) in [5.41, 5.74) is 2.62. The van der Waals surface area contributed by atoms with Gasteiger partial charge < -0.3 is 20.3 Å². The van der Waals surface area contributed by atoms with E-state index >= 15 is 0 Å². The molecule has 7 heteroatoms. The summed E-state index contributed by atoms with van der Waals surface area (Å²) in [6.07, 6.45) is 3.79. The summed E-state index contributed by atoms with van der Waals surface area (Å²) in [5.74, 6) is 0.910. The van der Waals surface area contributed by atoms with E-state index < -0.39 is 0 Å². The van der Waals surface area contributed by atoms with Crippen molar-refractivity contribution in [1.29, 1.82) is 0 Å². The summed E-state index contributed by atoms with van der Waals surface area (Å²) in [5, 5.41) is 7.08. The van der Waals surface area contributed by atoms with Gasteiger partial charge in [0.15, 0.2) is 5.96 Å². The van der Waals surface area contributed by atoms with Crippen LogP contribution in [0.5, 0.6) is 0 Å². The number of rotatable bonds is 9. The molecule has 1 saturated carbocycles. The first-order chi connectivity index (χ1) is 13.2. The Labute approximate surface area is 187 Å². The molecule has 2 N–H and O–H groups in total. The van der Waals surface area contributed by atoms with Gasteiger partial charge in [0.05, 0.1) is 6.61 Å². The monoisotopic (exact) mass is 501 g/mol. The third kappa shape index (κ3) is 7.08. The fourth-order valence-corrected chi connectivity index (χ4v) is 3.70. The summed E-state index contributed by atoms with van der Waals surface area (Å²) in [7, 11) is 3.63. The lowest BCUT2D eigenvalue weighted by Crippen LogP contribution is -2.47. The van der Waals surface area contributed by atoms with Gasteiger partial charge in [-0.15, -0.1) is 24.0 Å². The van der Waals surface area contributed by atoms with E-state index in [1.807, 2.05) is 7.05 Å². The predicted molar refractivity (Wildman–Crippen MR) is 128 cm³/mol. The zero-order chi connectivity index (χ0) is 19.1. The zero-order valence-corrected chi connectivity index (χ0v) is 19.8. The third-order valence-corrected chi connectivity index (χ3v) is 5.49. The average molecular weight is 501 g/mol. The second-order valence-corrected chi connectivity index (χ2v) is 7.67. The van der Waals surface area contributed by atoms with Gasteiger partial charge in [-0.3, -0.25) is 9.89 Å². The van der Waals surface area contributed by atoms with E-state index in [0.29, 0.717) is 6.04 Å². The highest BCUT2D eigenvalue weighted by Gasteiger charge is 2.28. The number of nitrogens with one attached hydrogen (secondary N) is 2. The highest BCUT2D eigenvalue weighted by atomic mass is 127. The number of benzene rings is 1. The van der Waals surface area contributed by atoms with Crippen molar-refractivity contribution < 1.29 is 4.74 Å². The Kier molecular flexibility index (Phi) is 9.81. The number of aryl methyl sites for hydroxylation is 1. The fraction of sp³-hybridized carbons (Fsp3) is 0.667. The Morgan fingerprint density at radius 3 is 2.61 bits per heavy atom. The maximum atomic E-state index is 5.24. The van der Waals surface area contributed by atoms with E-state index in [4.69, 9.17) is 4.74 Å². The molecular weight excluding hydrogens is 465 g/mol. The lowest BCUT2D eigenvalue weighted by atomic mass is 10.2. The van der Waals surface area contributed by atoms with Gasteiger partial charge in [-0.05, 0) is 38.3 Å². The first kappa shape index (κ1) is 23.2. The minimum Gasteiger partial charge on any atom is -0.383 e. The molecule has 1 aliphatic heterocycles. The highest BCUT2D eigenvalue weighted by Crippen LogP contribution is 2.26. The Bertz CT molecular complexity index is 605. The van der Waals surface area contributed by atoms with Gasteiger partial charge in [-0.2, -0.15) is 0 Å². The summed E-state index contributed by atoms with van der Waals surface area (Å²) in [4.78, 5) is 9.39. The molecule has 2 aliphatic rings. The maximum absolute atomic E-state index is 5.24. The molecule has 1 aliphatic carbocycles. The van der Waals surface area contributed by atoms with Gasteiger partial charge in [-0.1, -0.05) is 17.7 Å². The van der Waals surface area contributed by atoms with Crippen molar-refractivity contribution in [2.75, 3.05) is 58.4 Å². The van der Waals surface area contributed by atoms with E-state index in [9.17, 15) is 0 Å². The molecule has 6 nitrogen and oxygen atoms in total. The summed E-state index contributed by atoms with van der Waals surface area (Å²) < 4.78 is 5.24. The largest absolute Gasteiger partial charge is 0.383 e. The number of hydrogen-bond donors (Lipinski definition) is 2. The van der Waals surface area contributed by atoms with E-state index in [1.54, 1.807) is 7.11 Å². The van der Waals surface area contributed by atoms with Crippen molar-refractivity contribution in [3.05, 3.63) is 29.8 Å². The Morgan fingerprint density at radius 2 is 1.96 bits per heavy atom. The fourth-order valence-electron chi connectivity index (χ4n) is 3.70. The Hall–Kier alpha value is -1.06. The Morgan fingerprint density at radius 1 is 1.21 bits per heavy atom. The number of guanidine groups is 1. The number of nitrogens with zero attached hydrogens (tertiary/aromatic N) is 3. The first-order valence-electron chi connectivity index (χ1n) is 10.2. The van der Waals surface area contributed by atoms with E-state index in [0.717, 1.165) is 57.8 Å². The molecule has 0 bridgehead atoms. The van der Waals surface area contributed by atoms with Crippen LogP contribution in [0.3, 0.4) is 0 Å². The average Bonchev–Trinajstić information content (AvgIpc) is 3.42. The van der Waals surface area contributed by atoms with E-state index in [1.165, 1.54) is 24.1 Å². The predicted octanol–water partition coefficient (Wildman–Crippen LogP) is 2.47. The summed E-state index contributed by atoms with van der Waals surface area (Å²) in [6.45, 7) is 8.01. The molecule has 1 aromatic rings. The van der Waals surface area contributed by atoms with Crippen LogP contribution in [-0.4, -0.2) is 76.4 Å². The zero-order valence-electron chi connectivity index (χ0n) is 17.5. The molecule has 1 saturated heterocycles. The molecular formula is C21H36IN5O. The number of hydrogen-bond acceptors (Lipinski definition) is 4. The van der Waals surface area contributed by atoms with Gasteiger partial charge in [0.25, 0.3) is 0 Å². The third-order valence-electron chi connectivity index (χ3n) is 5.49. The smallest absolute Gasteiger partial charge is 0.191 e. The van der Waals surface area contributed by atoms with Crippen LogP contribution in [-0.2, 0) is 4.74 Å². The Balaban J connectivity index is 0.00000280. The lowest BCUT2D eigenvalue weighted by molar-refractivity contribution is 0.144. The highest BCUT2D eigenvalue weighted by molar-refractivity contribution is 14.0. The molecule has 1 aromatic carbocycles. The molecule has 0 spiro atoms. The van der Waals surface area contributed by atoms with Crippen molar-refractivity contribution in [2.45, 2.75) is 38.3 Å². The topological polar surface area (TPSA) is 52.1 Å². The van der Waals surface area contributed by atoms with Gasteiger partial charge in [-0.25, -0.2) is 0 Å². The molecule has 3 rings (SSSR count). The molecule has 0 aromatic heterocycles. The second-order valence-electron chi connectivity index (χ2n) is 7.67. The van der Waals surface area contributed by atoms with Crippen LogP contribution >= 0.6 is 24.0 Å². The van der Waals surface area contributed by atoms with Crippen molar-refractivity contribution >= 4 is 35.6 Å². The first-order valence-corrected chi connectivity index (χ1v) is 10.2. The van der Waals surface area contributed by atoms with Gasteiger partial charge in [0, 0.05) is 64.7 Å². The molecule has 2 fully saturated rings. The molecule has 0 radical (unpaired) electrons. The van der Waals surface area contributed by atoms with E-state index in [-0.39, 0.29) is 24.0 Å². The molecule has 1 atom stereocenters. The minimum absolute atomic E-state index is 0. The van der Waals surface area contributed by atoms with Crippen molar-refractivity contribution in [1.82, 2.24) is 15.5 Å². The van der Waals surface area contributed by atoms with Gasteiger partial charge in [0.2, 0.25) is 0 Å². The number of halogens is 1. The molecule has 1 unspecified atom stereocenters. The SMILES string of the molecule is CN=C(NCCN(CCOC)C1CC1)NC1CCN(c2ccc(C)cc2)C1.I. The molecule has 158 valence electrons. The quantitative estimate of drug-likeness (QED) is 0.310. The minimum atomic E-state index is 0. The van der Waals surface area contributed by atoms with Crippen LogP contribution in [0, 0.1) is 6.92 Å².